The molecule has 6 nitrogen and oxygen atoms in total. The van der Waals surface area contributed by atoms with E-state index in [9.17, 15) is 9.90 Å². The van der Waals surface area contributed by atoms with Crippen molar-refractivity contribution in [1.82, 2.24) is 20.5 Å². The Morgan fingerprint density at radius 1 is 1.50 bits per heavy atom. The Labute approximate surface area is 147 Å². The Morgan fingerprint density at radius 2 is 2.29 bits per heavy atom. The van der Waals surface area contributed by atoms with E-state index in [4.69, 9.17) is 0 Å². The molecule has 134 valence electrons. The molecule has 0 radical (unpaired) electrons. The topological polar surface area (TPSA) is 77.5 Å². The molecule has 1 aromatic heterocycles. The van der Waals surface area contributed by atoms with Gasteiger partial charge in [-0.1, -0.05) is 6.92 Å². The first kappa shape index (κ1) is 17.8. The number of aliphatic hydroxyl groups excluding tert-OH is 1. The van der Waals surface area contributed by atoms with Gasteiger partial charge in [0.1, 0.15) is 0 Å². The maximum absolute atomic E-state index is 12.1. The molecule has 2 saturated heterocycles. The number of nitrogens with one attached hydrogen (secondary N) is 2. The summed E-state index contributed by atoms with van der Waals surface area (Å²) in [4.78, 5) is 19.2. The van der Waals surface area contributed by atoms with Crippen molar-refractivity contribution in [3.05, 3.63) is 16.1 Å². The summed E-state index contributed by atoms with van der Waals surface area (Å²) in [5.41, 5.74) is 1.19. The number of rotatable bonds is 6. The first-order chi connectivity index (χ1) is 11.6. The van der Waals surface area contributed by atoms with Gasteiger partial charge in [-0.25, -0.2) is 4.98 Å². The molecule has 0 bridgehead atoms. The largest absolute Gasteiger partial charge is 0.392 e. The van der Waals surface area contributed by atoms with E-state index in [-0.39, 0.29) is 18.1 Å². The van der Waals surface area contributed by atoms with Crippen molar-refractivity contribution >= 4 is 17.2 Å². The minimum Gasteiger partial charge on any atom is -0.392 e. The Hall–Kier alpha value is -1.02. The quantitative estimate of drug-likeness (QED) is 0.704. The first-order valence-corrected chi connectivity index (χ1v) is 9.86. The van der Waals surface area contributed by atoms with Crippen molar-refractivity contribution < 1.29 is 9.90 Å². The molecule has 0 aliphatic carbocycles. The summed E-state index contributed by atoms with van der Waals surface area (Å²) in [5, 5.41) is 19.0. The summed E-state index contributed by atoms with van der Waals surface area (Å²) < 4.78 is 0. The van der Waals surface area contributed by atoms with Gasteiger partial charge in [0.2, 0.25) is 5.91 Å². The van der Waals surface area contributed by atoms with Gasteiger partial charge in [0.25, 0.3) is 0 Å². The second kappa shape index (κ2) is 8.38. The normalized spacial score (nSPS) is 25.9. The van der Waals surface area contributed by atoms with E-state index in [1.54, 1.807) is 11.3 Å². The standard InChI is InChI=1S/C17H28N4O2S/c1-2-16-20-13(11-24-16)10-21-5-3-12(4-6-21)8-19-17(23)15-7-14(22)9-18-15/h11-12,14-15,18,22H,2-10H2,1H3,(H,19,23)/t14-,15-/m0/s1. The van der Waals surface area contributed by atoms with E-state index in [1.165, 1.54) is 10.7 Å². The number of piperidine rings is 1. The molecule has 1 amide bonds. The van der Waals surface area contributed by atoms with E-state index in [1.807, 2.05) is 0 Å². The van der Waals surface area contributed by atoms with Gasteiger partial charge >= 0.3 is 0 Å². The van der Waals surface area contributed by atoms with Crippen molar-refractivity contribution in [2.45, 2.75) is 51.3 Å². The van der Waals surface area contributed by atoms with Crippen molar-refractivity contribution in [2.75, 3.05) is 26.2 Å². The van der Waals surface area contributed by atoms with Crippen molar-refractivity contribution in [2.24, 2.45) is 5.92 Å². The number of thiazole rings is 1. The molecular weight excluding hydrogens is 324 g/mol. The molecule has 0 aromatic carbocycles. The highest BCUT2D eigenvalue weighted by molar-refractivity contribution is 7.09. The van der Waals surface area contributed by atoms with E-state index < -0.39 is 0 Å². The fraction of sp³-hybridized carbons (Fsp3) is 0.765. The van der Waals surface area contributed by atoms with Gasteiger partial charge in [0.15, 0.2) is 0 Å². The van der Waals surface area contributed by atoms with Crippen LogP contribution in [0.1, 0.15) is 36.9 Å². The molecule has 0 saturated carbocycles. The number of aromatic nitrogens is 1. The Bertz CT molecular complexity index is 542. The van der Waals surface area contributed by atoms with Crippen LogP contribution >= 0.6 is 11.3 Å². The Morgan fingerprint density at radius 3 is 2.92 bits per heavy atom. The SMILES string of the molecule is CCc1nc(CN2CCC(CNC(=O)[C@@H]3C[C@H](O)CN3)CC2)cs1. The lowest BCUT2D eigenvalue weighted by atomic mass is 9.96. The predicted octanol–water partition coefficient (Wildman–Crippen LogP) is 0.757. The summed E-state index contributed by atoms with van der Waals surface area (Å²) in [5.74, 6) is 0.585. The fourth-order valence-corrected chi connectivity index (χ4v) is 4.18. The zero-order chi connectivity index (χ0) is 16.9. The number of nitrogens with zero attached hydrogens (tertiary/aromatic N) is 2. The van der Waals surface area contributed by atoms with Gasteiger partial charge in [-0.05, 0) is 44.7 Å². The molecule has 3 rings (SSSR count). The van der Waals surface area contributed by atoms with Gasteiger partial charge in [-0.2, -0.15) is 0 Å². The lowest BCUT2D eigenvalue weighted by Gasteiger charge is -2.31. The number of carbonyl (C=O) groups excluding carboxylic acids is 1. The van der Waals surface area contributed by atoms with Crippen LogP contribution in [0.2, 0.25) is 0 Å². The van der Waals surface area contributed by atoms with E-state index >= 15 is 0 Å². The molecule has 0 unspecified atom stereocenters. The smallest absolute Gasteiger partial charge is 0.237 e. The molecule has 24 heavy (non-hydrogen) atoms. The number of hydrogen-bond donors (Lipinski definition) is 3. The van der Waals surface area contributed by atoms with Crippen LogP contribution in [-0.2, 0) is 17.8 Å². The molecule has 2 atom stereocenters. The lowest BCUT2D eigenvalue weighted by molar-refractivity contribution is -0.123. The second-order valence-electron chi connectivity index (χ2n) is 6.90. The summed E-state index contributed by atoms with van der Waals surface area (Å²) in [6.45, 7) is 6.49. The molecule has 3 N–H and O–H groups in total. The van der Waals surface area contributed by atoms with Crippen LogP contribution in [0.3, 0.4) is 0 Å². The molecule has 7 heteroatoms. The summed E-state index contributed by atoms with van der Waals surface area (Å²) in [7, 11) is 0. The van der Waals surface area contributed by atoms with Crippen LogP contribution < -0.4 is 10.6 Å². The third-order valence-electron chi connectivity index (χ3n) is 4.98. The Kier molecular flexibility index (Phi) is 6.21. The minimum absolute atomic E-state index is 0.0311. The van der Waals surface area contributed by atoms with E-state index in [0.717, 1.165) is 45.4 Å². The minimum atomic E-state index is -0.386. The predicted molar refractivity (Wildman–Crippen MR) is 94.9 cm³/mol. The number of likely N-dealkylation sites (tertiary alicyclic amines) is 1. The maximum Gasteiger partial charge on any atom is 0.237 e. The van der Waals surface area contributed by atoms with Crippen molar-refractivity contribution in [3.8, 4) is 0 Å². The number of aliphatic hydroxyl groups is 1. The Balaban J connectivity index is 1.35. The highest BCUT2D eigenvalue weighted by Gasteiger charge is 2.28. The number of carbonyl (C=O) groups is 1. The van der Waals surface area contributed by atoms with Crippen LogP contribution in [0.15, 0.2) is 5.38 Å². The number of hydrogen-bond acceptors (Lipinski definition) is 6. The molecule has 1 aromatic rings. The summed E-state index contributed by atoms with van der Waals surface area (Å²) in [6.07, 6.45) is 3.39. The highest BCUT2D eigenvalue weighted by Crippen LogP contribution is 2.19. The van der Waals surface area contributed by atoms with Crippen LogP contribution in [0.4, 0.5) is 0 Å². The highest BCUT2D eigenvalue weighted by atomic mass is 32.1. The number of amides is 1. The van der Waals surface area contributed by atoms with E-state index in [2.05, 4.69) is 32.8 Å². The average molecular weight is 353 g/mol. The van der Waals surface area contributed by atoms with Crippen molar-refractivity contribution in [1.29, 1.82) is 0 Å². The maximum atomic E-state index is 12.1. The van der Waals surface area contributed by atoms with Gasteiger partial charge in [-0.15, -0.1) is 11.3 Å². The van der Waals surface area contributed by atoms with Crippen LogP contribution in [0.25, 0.3) is 0 Å². The van der Waals surface area contributed by atoms with Crippen LogP contribution in [0.5, 0.6) is 0 Å². The third kappa shape index (κ3) is 4.75. The van der Waals surface area contributed by atoms with Gasteiger partial charge < -0.3 is 15.7 Å². The second-order valence-corrected chi connectivity index (χ2v) is 7.84. The first-order valence-electron chi connectivity index (χ1n) is 8.98. The van der Waals surface area contributed by atoms with E-state index in [0.29, 0.717) is 18.9 Å². The van der Waals surface area contributed by atoms with Crippen molar-refractivity contribution in [3.63, 3.8) is 0 Å². The molecule has 3 heterocycles. The molecule has 2 aliphatic heterocycles. The lowest BCUT2D eigenvalue weighted by Crippen LogP contribution is -2.44. The average Bonchev–Trinajstić information content (AvgIpc) is 3.23. The molecule has 2 aliphatic rings. The summed E-state index contributed by atoms with van der Waals surface area (Å²) in [6, 6.07) is -0.225. The molecular formula is C17H28N4O2S. The van der Waals surface area contributed by atoms with Gasteiger partial charge in [0, 0.05) is 25.0 Å². The fourth-order valence-electron chi connectivity index (χ4n) is 3.45. The zero-order valence-electron chi connectivity index (χ0n) is 14.3. The monoisotopic (exact) mass is 352 g/mol. The van der Waals surface area contributed by atoms with Gasteiger partial charge in [0.05, 0.1) is 22.8 Å². The number of β-amino-alcohol motifs (C(OH)–C–C–N with tert-alkyl or cyclic N) is 1. The van der Waals surface area contributed by atoms with Crippen LogP contribution in [-0.4, -0.2) is 59.2 Å². The summed E-state index contributed by atoms with van der Waals surface area (Å²) >= 11 is 1.75. The van der Waals surface area contributed by atoms with Gasteiger partial charge in [-0.3, -0.25) is 9.69 Å². The zero-order valence-corrected chi connectivity index (χ0v) is 15.1. The molecule has 2 fully saturated rings. The third-order valence-corrected chi connectivity index (χ3v) is 6.03. The molecule has 0 spiro atoms. The van der Waals surface area contributed by atoms with Crippen LogP contribution in [0, 0.1) is 5.92 Å². The number of aryl methyl sites for hydroxylation is 1.